The number of rotatable bonds is 4. The van der Waals surface area contributed by atoms with E-state index >= 15 is 0 Å². The molecule has 0 fully saturated rings. The van der Waals surface area contributed by atoms with Crippen molar-refractivity contribution in [1.82, 2.24) is 5.32 Å². The van der Waals surface area contributed by atoms with Gasteiger partial charge in [0.2, 0.25) is 0 Å². The first-order chi connectivity index (χ1) is 8.81. The second-order valence-corrected chi connectivity index (χ2v) is 5.50. The number of carboxylic acid groups (broad SMARTS) is 1. The summed E-state index contributed by atoms with van der Waals surface area (Å²) in [6.07, 6.45) is -1.63. The lowest BCUT2D eigenvalue weighted by atomic mass is 10.2. The Bertz CT molecular complexity index is 484. The molecule has 0 aromatic heterocycles. The highest BCUT2D eigenvalue weighted by molar-refractivity contribution is 9.11. The number of aliphatic carboxylic acids is 1. The van der Waals surface area contributed by atoms with Gasteiger partial charge in [-0.2, -0.15) is 0 Å². The van der Waals surface area contributed by atoms with Crippen molar-refractivity contribution in [2.75, 3.05) is 11.9 Å². The van der Waals surface area contributed by atoms with Crippen molar-refractivity contribution in [1.29, 1.82) is 0 Å². The Morgan fingerprint density at radius 2 is 1.84 bits per heavy atom. The fourth-order valence-corrected chi connectivity index (χ4v) is 2.87. The molecule has 6 nitrogen and oxygen atoms in total. The predicted molar refractivity (Wildman–Crippen MR) is 77.2 cm³/mol. The highest BCUT2D eigenvalue weighted by atomic mass is 79.9. The summed E-state index contributed by atoms with van der Waals surface area (Å²) in [4.78, 5) is 21.9. The molecule has 1 atom stereocenters. The quantitative estimate of drug-likeness (QED) is 0.627. The number of hydrogen-bond acceptors (Lipinski definition) is 3. The zero-order valence-corrected chi connectivity index (χ0v) is 13.1. The summed E-state index contributed by atoms with van der Waals surface area (Å²) in [5.74, 6) is -1.39. The van der Waals surface area contributed by atoms with Gasteiger partial charge in [-0.25, -0.2) is 9.59 Å². The van der Waals surface area contributed by atoms with Crippen LogP contribution in [0.15, 0.2) is 21.1 Å². The monoisotopic (exact) mass is 394 g/mol. The van der Waals surface area contributed by atoms with Crippen LogP contribution in [0, 0.1) is 6.92 Å². The molecule has 104 valence electrons. The third kappa shape index (κ3) is 4.81. The molecule has 19 heavy (non-hydrogen) atoms. The fourth-order valence-electron chi connectivity index (χ4n) is 1.25. The lowest BCUT2D eigenvalue weighted by Crippen LogP contribution is -2.38. The molecule has 0 saturated heterocycles. The van der Waals surface area contributed by atoms with Crippen LogP contribution in [0.25, 0.3) is 0 Å². The number of halogens is 2. The second-order valence-electron chi connectivity index (χ2n) is 3.79. The van der Waals surface area contributed by atoms with Crippen molar-refractivity contribution in [2.45, 2.75) is 13.0 Å². The SMILES string of the molecule is Cc1cc(Br)c(NC(=O)NCC(O)C(=O)O)c(Br)c1. The Morgan fingerprint density at radius 1 is 1.32 bits per heavy atom. The molecule has 0 aliphatic heterocycles. The summed E-state index contributed by atoms with van der Waals surface area (Å²) in [6.45, 7) is 1.53. The molecule has 0 bridgehead atoms. The zero-order chi connectivity index (χ0) is 14.6. The van der Waals surface area contributed by atoms with Gasteiger partial charge >= 0.3 is 12.0 Å². The maximum Gasteiger partial charge on any atom is 0.334 e. The number of hydrogen-bond donors (Lipinski definition) is 4. The topological polar surface area (TPSA) is 98.7 Å². The minimum Gasteiger partial charge on any atom is -0.479 e. The van der Waals surface area contributed by atoms with Gasteiger partial charge in [0.15, 0.2) is 6.10 Å². The molecule has 0 aliphatic carbocycles. The summed E-state index contributed by atoms with van der Waals surface area (Å²) >= 11 is 6.63. The average molecular weight is 396 g/mol. The van der Waals surface area contributed by atoms with Gasteiger partial charge < -0.3 is 20.8 Å². The van der Waals surface area contributed by atoms with Gasteiger partial charge in [-0.3, -0.25) is 0 Å². The molecule has 8 heteroatoms. The van der Waals surface area contributed by atoms with Crippen LogP contribution in [0.1, 0.15) is 5.56 Å². The summed E-state index contributed by atoms with van der Waals surface area (Å²) in [6, 6.07) is 3.05. The van der Waals surface area contributed by atoms with Crippen LogP contribution in [0.4, 0.5) is 10.5 Å². The van der Waals surface area contributed by atoms with E-state index in [9.17, 15) is 9.59 Å². The highest BCUT2D eigenvalue weighted by Gasteiger charge is 2.15. The molecule has 2 amide bonds. The van der Waals surface area contributed by atoms with E-state index in [0.717, 1.165) is 5.56 Å². The number of aliphatic hydroxyl groups is 1. The standard InChI is InChI=1S/C11H12Br2N2O4/c1-5-2-6(12)9(7(13)3-5)15-11(19)14-4-8(16)10(17)18/h2-3,8,16H,4H2,1H3,(H,17,18)(H2,14,15,19). The van der Waals surface area contributed by atoms with Crippen LogP contribution in [-0.2, 0) is 4.79 Å². The van der Waals surface area contributed by atoms with E-state index in [1.165, 1.54) is 0 Å². The van der Waals surface area contributed by atoms with E-state index in [0.29, 0.717) is 14.6 Å². The molecule has 1 aromatic rings. The molecule has 1 rings (SSSR count). The number of carbonyl (C=O) groups excluding carboxylic acids is 1. The normalized spacial score (nSPS) is 11.8. The van der Waals surface area contributed by atoms with Crippen molar-refractivity contribution in [3.63, 3.8) is 0 Å². The van der Waals surface area contributed by atoms with E-state index < -0.39 is 18.1 Å². The largest absolute Gasteiger partial charge is 0.479 e. The van der Waals surface area contributed by atoms with Crippen molar-refractivity contribution in [3.05, 3.63) is 26.6 Å². The maximum absolute atomic E-state index is 11.6. The Kier molecular flexibility index (Phi) is 5.77. The Labute approximate surface area is 126 Å². The first-order valence-electron chi connectivity index (χ1n) is 5.22. The Balaban J connectivity index is 2.65. The molecule has 0 aliphatic rings. The molecule has 0 saturated carbocycles. The number of carbonyl (C=O) groups is 2. The number of urea groups is 1. The van der Waals surface area contributed by atoms with Crippen LogP contribution >= 0.6 is 31.9 Å². The van der Waals surface area contributed by atoms with Crippen molar-refractivity contribution >= 4 is 49.5 Å². The lowest BCUT2D eigenvalue weighted by molar-refractivity contribution is -0.146. The maximum atomic E-state index is 11.6. The van der Waals surface area contributed by atoms with E-state index in [2.05, 4.69) is 42.5 Å². The van der Waals surface area contributed by atoms with E-state index in [1.807, 2.05) is 19.1 Å². The summed E-state index contributed by atoms with van der Waals surface area (Å²) < 4.78 is 1.38. The van der Waals surface area contributed by atoms with E-state index in [-0.39, 0.29) is 6.54 Å². The summed E-state index contributed by atoms with van der Waals surface area (Å²) in [7, 11) is 0. The third-order valence-electron chi connectivity index (χ3n) is 2.17. The van der Waals surface area contributed by atoms with Crippen LogP contribution in [0.2, 0.25) is 0 Å². The van der Waals surface area contributed by atoms with Crippen LogP contribution in [0.3, 0.4) is 0 Å². The van der Waals surface area contributed by atoms with Gasteiger partial charge in [0, 0.05) is 8.95 Å². The molecule has 4 N–H and O–H groups in total. The molecular formula is C11H12Br2N2O4. The van der Waals surface area contributed by atoms with E-state index in [4.69, 9.17) is 10.2 Å². The van der Waals surface area contributed by atoms with Gasteiger partial charge in [0.1, 0.15) is 0 Å². The van der Waals surface area contributed by atoms with Gasteiger partial charge in [0.05, 0.1) is 12.2 Å². The molecule has 0 spiro atoms. The van der Waals surface area contributed by atoms with Crippen molar-refractivity contribution in [3.8, 4) is 0 Å². The summed E-state index contributed by atoms with van der Waals surface area (Å²) in [5.41, 5.74) is 1.53. The molecule has 1 aromatic carbocycles. The number of anilines is 1. The van der Waals surface area contributed by atoms with Crippen molar-refractivity contribution in [2.24, 2.45) is 0 Å². The van der Waals surface area contributed by atoms with Crippen LogP contribution in [0.5, 0.6) is 0 Å². The number of benzene rings is 1. The van der Waals surface area contributed by atoms with Crippen LogP contribution < -0.4 is 10.6 Å². The lowest BCUT2D eigenvalue weighted by Gasteiger charge is -2.12. The summed E-state index contributed by atoms with van der Waals surface area (Å²) in [5, 5.41) is 22.3. The molecular weight excluding hydrogens is 384 g/mol. The number of carboxylic acids is 1. The third-order valence-corrected chi connectivity index (χ3v) is 3.42. The first kappa shape index (κ1) is 15.9. The van der Waals surface area contributed by atoms with Gasteiger partial charge in [0.25, 0.3) is 0 Å². The minimum atomic E-state index is -1.63. The van der Waals surface area contributed by atoms with Gasteiger partial charge in [-0.05, 0) is 56.5 Å². The number of aliphatic hydroxyl groups excluding tert-OH is 1. The van der Waals surface area contributed by atoms with Crippen LogP contribution in [-0.4, -0.2) is 34.9 Å². The van der Waals surface area contributed by atoms with Crippen molar-refractivity contribution < 1.29 is 19.8 Å². The predicted octanol–water partition coefficient (Wildman–Crippen LogP) is 2.09. The molecule has 0 heterocycles. The Morgan fingerprint density at radius 3 is 2.32 bits per heavy atom. The molecule has 1 unspecified atom stereocenters. The van der Waals surface area contributed by atoms with E-state index in [1.54, 1.807) is 0 Å². The molecule has 0 radical (unpaired) electrons. The minimum absolute atomic E-state index is 0.373. The number of aryl methyl sites for hydroxylation is 1. The average Bonchev–Trinajstić information content (AvgIpc) is 2.30. The second kappa shape index (κ2) is 6.88. The smallest absolute Gasteiger partial charge is 0.334 e. The van der Waals surface area contributed by atoms with Gasteiger partial charge in [-0.15, -0.1) is 0 Å². The number of nitrogens with one attached hydrogen (secondary N) is 2. The zero-order valence-electron chi connectivity index (χ0n) is 9.91. The Hall–Kier alpha value is -1.12. The first-order valence-corrected chi connectivity index (χ1v) is 6.81. The van der Waals surface area contributed by atoms with Gasteiger partial charge in [-0.1, -0.05) is 0 Å². The fraction of sp³-hybridized carbons (Fsp3) is 0.273. The highest BCUT2D eigenvalue weighted by Crippen LogP contribution is 2.32. The number of amides is 2.